The summed E-state index contributed by atoms with van der Waals surface area (Å²) in [6.07, 6.45) is 6.34. The van der Waals surface area contributed by atoms with Crippen molar-refractivity contribution in [2.45, 2.75) is 77.7 Å². The van der Waals surface area contributed by atoms with Crippen molar-refractivity contribution < 1.29 is 29.2 Å². The number of hydrogen-bond acceptors (Lipinski definition) is 6. The monoisotopic (exact) mass is 396 g/mol. The first-order valence-corrected chi connectivity index (χ1v) is 10.3. The predicted molar refractivity (Wildman–Crippen MR) is 106 cm³/mol. The SMILES string of the molecule is CC[C@H]1[C@H](O)C[C@@]2(O[C@@H]([C@@H](C)C=CC=CC(=O)OC)[C@@H](C)[C@@H](O)[C@@H]2C)O[C@@H]1C. The molecule has 6 nitrogen and oxygen atoms in total. The molecule has 0 aromatic carbocycles. The molecular weight excluding hydrogens is 360 g/mol. The van der Waals surface area contributed by atoms with Crippen molar-refractivity contribution in [1.29, 1.82) is 0 Å². The first kappa shape index (κ1) is 23.1. The summed E-state index contributed by atoms with van der Waals surface area (Å²) in [5.74, 6) is -1.69. The highest BCUT2D eigenvalue weighted by molar-refractivity contribution is 5.82. The molecular formula is C22H36O6. The minimum atomic E-state index is -0.995. The highest BCUT2D eigenvalue weighted by atomic mass is 16.7. The summed E-state index contributed by atoms with van der Waals surface area (Å²) in [4.78, 5) is 11.2. The Morgan fingerprint density at radius 3 is 2.50 bits per heavy atom. The van der Waals surface area contributed by atoms with Crippen LogP contribution in [0.1, 0.15) is 47.5 Å². The van der Waals surface area contributed by atoms with E-state index in [1.54, 1.807) is 12.2 Å². The van der Waals surface area contributed by atoms with Gasteiger partial charge < -0.3 is 24.4 Å². The average molecular weight is 397 g/mol. The molecule has 0 radical (unpaired) electrons. The van der Waals surface area contributed by atoms with E-state index in [4.69, 9.17) is 9.47 Å². The summed E-state index contributed by atoms with van der Waals surface area (Å²) in [5, 5.41) is 21.6. The van der Waals surface area contributed by atoms with Crippen LogP contribution in [0.5, 0.6) is 0 Å². The van der Waals surface area contributed by atoms with Crippen LogP contribution in [0.3, 0.4) is 0 Å². The molecule has 6 heteroatoms. The van der Waals surface area contributed by atoms with E-state index in [9.17, 15) is 15.0 Å². The Morgan fingerprint density at radius 2 is 1.93 bits per heavy atom. The van der Waals surface area contributed by atoms with Crippen molar-refractivity contribution in [2.24, 2.45) is 23.7 Å². The van der Waals surface area contributed by atoms with Crippen LogP contribution in [0.25, 0.3) is 0 Å². The Kier molecular flexibility index (Phi) is 7.85. The lowest BCUT2D eigenvalue weighted by molar-refractivity contribution is -0.382. The second-order valence-corrected chi connectivity index (χ2v) is 8.33. The molecule has 0 aromatic heterocycles. The molecule has 28 heavy (non-hydrogen) atoms. The molecule has 1 spiro atoms. The highest BCUT2D eigenvalue weighted by Gasteiger charge is 2.57. The summed E-state index contributed by atoms with van der Waals surface area (Å²) in [7, 11) is 1.33. The van der Waals surface area contributed by atoms with Crippen molar-refractivity contribution in [1.82, 2.24) is 0 Å². The van der Waals surface area contributed by atoms with Crippen molar-refractivity contribution in [3.63, 3.8) is 0 Å². The molecule has 0 amide bonds. The van der Waals surface area contributed by atoms with E-state index in [0.29, 0.717) is 6.42 Å². The van der Waals surface area contributed by atoms with Gasteiger partial charge in [0.2, 0.25) is 0 Å². The van der Waals surface area contributed by atoms with Crippen LogP contribution in [0.4, 0.5) is 0 Å². The Bertz CT molecular complexity index is 574. The van der Waals surface area contributed by atoms with Crippen LogP contribution in [0.2, 0.25) is 0 Å². The lowest BCUT2D eigenvalue weighted by atomic mass is 9.73. The second-order valence-electron chi connectivity index (χ2n) is 8.33. The molecule has 9 atom stereocenters. The van der Waals surface area contributed by atoms with Gasteiger partial charge >= 0.3 is 5.97 Å². The Morgan fingerprint density at radius 1 is 1.25 bits per heavy atom. The molecule has 0 aromatic rings. The number of allylic oxidation sites excluding steroid dienone is 2. The van der Waals surface area contributed by atoms with Crippen LogP contribution < -0.4 is 0 Å². The number of ether oxygens (including phenoxy) is 3. The van der Waals surface area contributed by atoms with Gasteiger partial charge in [0.1, 0.15) is 0 Å². The minimum absolute atomic E-state index is 0.0173. The average Bonchev–Trinajstić information content (AvgIpc) is 2.66. The summed E-state index contributed by atoms with van der Waals surface area (Å²) >= 11 is 0. The molecule has 2 saturated heterocycles. The van der Waals surface area contributed by atoms with E-state index >= 15 is 0 Å². The highest BCUT2D eigenvalue weighted by Crippen LogP contribution is 2.48. The third kappa shape index (κ3) is 4.67. The zero-order chi connectivity index (χ0) is 21.1. The van der Waals surface area contributed by atoms with E-state index in [-0.39, 0.29) is 35.9 Å². The molecule has 160 valence electrons. The van der Waals surface area contributed by atoms with Gasteiger partial charge in [0.05, 0.1) is 31.5 Å². The lowest BCUT2D eigenvalue weighted by Gasteiger charge is -2.56. The maximum absolute atomic E-state index is 11.2. The number of carbonyl (C=O) groups excluding carboxylic acids is 1. The topological polar surface area (TPSA) is 85.2 Å². The zero-order valence-electron chi connectivity index (χ0n) is 17.9. The van der Waals surface area contributed by atoms with Crippen LogP contribution in [0, 0.1) is 23.7 Å². The van der Waals surface area contributed by atoms with Crippen molar-refractivity contribution >= 4 is 5.97 Å². The van der Waals surface area contributed by atoms with Gasteiger partial charge in [-0.3, -0.25) is 0 Å². The number of aliphatic hydroxyl groups is 2. The lowest BCUT2D eigenvalue weighted by Crippen LogP contribution is -2.64. The Hall–Kier alpha value is -1.21. The number of hydrogen-bond donors (Lipinski definition) is 2. The number of methoxy groups -OCH3 is 1. The third-order valence-electron chi connectivity index (χ3n) is 6.52. The van der Waals surface area contributed by atoms with E-state index in [1.807, 2.05) is 40.7 Å². The fourth-order valence-corrected chi connectivity index (χ4v) is 4.67. The maximum atomic E-state index is 11.2. The molecule has 0 unspecified atom stereocenters. The standard InChI is InChI=1S/C22H36O6/c1-7-17-16(5)27-22(12-18(17)23)15(4)20(25)14(3)21(28-22)13(2)10-8-9-11-19(24)26-6/h8-11,13-18,20-21,23,25H,7,12H2,1-6H3/t13-,14-,15-,16+,17+,18+,20+,21-,22-/m0/s1. The van der Waals surface area contributed by atoms with E-state index in [0.717, 1.165) is 6.42 Å². The molecule has 0 saturated carbocycles. The van der Waals surface area contributed by atoms with Crippen LogP contribution in [-0.4, -0.2) is 53.5 Å². The van der Waals surface area contributed by atoms with Crippen molar-refractivity contribution in [2.75, 3.05) is 7.11 Å². The molecule has 0 bridgehead atoms. The summed E-state index contributed by atoms with van der Waals surface area (Å²) in [6.45, 7) is 9.94. The van der Waals surface area contributed by atoms with Gasteiger partial charge in [0, 0.05) is 36.2 Å². The van der Waals surface area contributed by atoms with Crippen LogP contribution >= 0.6 is 0 Å². The summed E-state index contributed by atoms with van der Waals surface area (Å²) in [5.41, 5.74) is 0. The number of aliphatic hydroxyl groups excluding tert-OH is 2. The predicted octanol–water partition coefficient (Wildman–Crippen LogP) is 2.83. The number of esters is 1. The van der Waals surface area contributed by atoms with Crippen LogP contribution in [0.15, 0.2) is 24.3 Å². The molecule has 2 aliphatic heterocycles. The van der Waals surface area contributed by atoms with Gasteiger partial charge in [-0.15, -0.1) is 0 Å². The van der Waals surface area contributed by atoms with Gasteiger partial charge in [0.15, 0.2) is 5.79 Å². The second kappa shape index (κ2) is 9.53. The maximum Gasteiger partial charge on any atom is 0.330 e. The Labute approximate surface area is 168 Å². The van der Waals surface area contributed by atoms with E-state index in [2.05, 4.69) is 4.74 Å². The normalized spacial score (nSPS) is 42.9. The fraction of sp³-hybridized carbons (Fsp3) is 0.773. The fourth-order valence-electron chi connectivity index (χ4n) is 4.67. The molecule has 2 fully saturated rings. The van der Waals surface area contributed by atoms with Crippen molar-refractivity contribution in [3.8, 4) is 0 Å². The first-order chi connectivity index (χ1) is 13.2. The van der Waals surface area contributed by atoms with Gasteiger partial charge in [0.25, 0.3) is 0 Å². The zero-order valence-corrected chi connectivity index (χ0v) is 17.9. The van der Waals surface area contributed by atoms with E-state index in [1.165, 1.54) is 13.2 Å². The minimum Gasteiger partial charge on any atom is -0.466 e. The Balaban J connectivity index is 2.19. The smallest absolute Gasteiger partial charge is 0.330 e. The van der Waals surface area contributed by atoms with Gasteiger partial charge in [-0.2, -0.15) is 0 Å². The van der Waals surface area contributed by atoms with Crippen molar-refractivity contribution in [3.05, 3.63) is 24.3 Å². The third-order valence-corrected chi connectivity index (χ3v) is 6.52. The van der Waals surface area contributed by atoms with Gasteiger partial charge in [-0.05, 0) is 13.3 Å². The first-order valence-electron chi connectivity index (χ1n) is 10.3. The summed E-state index contributed by atoms with van der Waals surface area (Å²) in [6, 6.07) is 0. The number of carbonyl (C=O) groups is 1. The van der Waals surface area contributed by atoms with Gasteiger partial charge in [-0.25, -0.2) is 4.79 Å². The van der Waals surface area contributed by atoms with Gasteiger partial charge in [-0.1, -0.05) is 45.9 Å². The quantitative estimate of drug-likeness (QED) is 0.422. The molecule has 0 aliphatic carbocycles. The molecule has 2 N–H and O–H groups in total. The van der Waals surface area contributed by atoms with Crippen LogP contribution in [-0.2, 0) is 19.0 Å². The van der Waals surface area contributed by atoms with E-state index < -0.39 is 24.0 Å². The molecule has 2 aliphatic rings. The number of rotatable bonds is 5. The largest absolute Gasteiger partial charge is 0.466 e. The summed E-state index contributed by atoms with van der Waals surface area (Å²) < 4.78 is 17.4. The molecule has 2 rings (SSSR count). The molecule has 2 heterocycles.